The van der Waals surface area contributed by atoms with Gasteiger partial charge in [-0.25, -0.2) is 4.98 Å². The van der Waals surface area contributed by atoms with E-state index >= 15 is 0 Å². The van der Waals surface area contributed by atoms with E-state index in [1.54, 1.807) is 6.33 Å². The van der Waals surface area contributed by atoms with E-state index in [1.807, 2.05) is 6.20 Å². The van der Waals surface area contributed by atoms with Crippen LogP contribution in [-0.2, 0) is 13.2 Å². The van der Waals surface area contributed by atoms with Crippen molar-refractivity contribution in [3.05, 3.63) is 18.2 Å². The van der Waals surface area contributed by atoms with Gasteiger partial charge in [0.2, 0.25) is 0 Å². The van der Waals surface area contributed by atoms with Crippen molar-refractivity contribution >= 4 is 0 Å². The molecule has 0 atom stereocenters. The average Bonchev–Trinajstić information content (AvgIpc) is 2.76. The lowest BCUT2D eigenvalue weighted by molar-refractivity contribution is 0.220. The van der Waals surface area contributed by atoms with Crippen LogP contribution >= 0.6 is 0 Å². The number of nitrogens with zero attached hydrogens (tertiary/aromatic N) is 3. The average molecular weight is 209 g/mol. The molecule has 1 aromatic rings. The lowest BCUT2D eigenvalue weighted by atomic mass is 10.1. The number of piperidine rings is 1. The van der Waals surface area contributed by atoms with Gasteiger partial charge in [0.1, 0.15) is 0 Å². The number of hydrogen-bond acceptors (Lipinski definition) is 3. The molecule has 1 aromatic heterocycles. The summed E-state index contributed by atoms with van der Waals surface area (Å²) in [5.41, 5.74) is 0.758. The maximum Gasteiger partial charge on any atom is 0.0950 e. The molecule has 0 amide bonds. The molecule has 2 rings (SSSR count). The standard InChI is InChI=1S/C11H19N3O/c15-9-11-8-14(10-12-11)7-6-13-4-2-1-3-5-13/h8,10,15H,1-7,9H2. The van der Waals surface area contributed by atoms with Crippen molar-refractivity contribution in [3.63, 3.8) is 0 Å². The van der Waals surface area contributed by atoms with Crippen LogP contribution in [0.1, 0.15) is 25.0 Å². The van der Waals surface area contributed by atoms with Gasteiger partial charge in [-0.2, -0.15) is 0 Å². The van der Waals surface area contributed by atoms with Crippen LogP contribution in [0, 0.1) is 0 Å². The smallest absolute Gasteiger partial charge is 0.0950 e. The van der Waals surface area contributed by atoms with E-state index < -0.39 is 0 Å². The zero-order chi connectivity index (χ0) is 10.5. The maximum atomic E-state index is 8.88. The predicted octanol–water partition coefficient (Wildman–Crippen LogP) is 0.861. The maximum absolute atomic E-state index is 8.88. The van der Waals surface area contributed by atoms with Crippen LogP contribution < -0.4 is 0 Å². The first-order valence-electron chi connectivity index (χ1n) is 5.72. The van der Waals surface area contributed by atoms with Gasteiger partial charge < -0.3 is 14.6 Å². The Morgan fingerprint density at radius 2 is 2.00 bits per heavy atom. The van der Waals surface area contributed by atoms with Gasteiger partial charge in [0.25, 0.3) is 0 Å². The third kappa shape index (κ3) is 3.04. The third-order valence-corrected chi connectivity index (χ3v) is 2.97. The van der Waals surface area contributed by atoms with Crippen molar-refractivity contribution in [1.29, 1.82) is 0 Å². The fourth-order valence-corrected chi connectivity index (χ4v) is 2.05. The van der Waals surface area contributed by atoms with Gasteiger partial charge in [-0.1, -0.05) is 6.42 Å². The SMILES string of the molecule is OCc1cn(CCN2CCCCC2)cn1. The van der Waals surface area contributed by atoms with E-state index in [4.69, 9.17) is 5.11 Å². The Hall–Kier alpha value is -0.870. The van der Waals surface area contributed by atoms with E-state index in [0.717, 1.165) is 18.8 Å². The minimum atomic E-state index is 0.0384. The lowest BCUT2D eigenvalue weighted by Crippen LogP contribution is -2.32. The summed E-state index contributed by atoms with van der Waals surface area (Å²) >= 11 is 0. The van der Waals surface area contributed by atoms with Gasteiger partial charge in [-0.15, -0.1) is 0 Å². The summed E-state index contributed by atoms with van der Waals surface area (Å²) < 4.78 is 2.06. The molecule has 0 radical (unpaired) electrons. The fraction of sp³-hybridized carbons (Fsp3) is 0.727. The first-order chi connectivity index (χ1) is 7.38. The number of rotatable bonds is 4. The first kappa shape index (κ1) is 10.6. The Labute approximate surface area is 90.5 Å². The highest BCUT2D eigenvalue weighted by Crippen LogP contribution is 2.08. The second-order valence-corrected chi connectivity index (χ2v) is 4.16. The van der Waals surface area contributed by atoms with Gasteiger partial charge in [0.05, 0.1) is 18.6 Å². The molecule has 0 spiro atoms. The van der Waals surface area contributed by atoms with Crippen LogP contribution in [0.25, 0.3) is 0 Å². The van der Waals surface area contributed by atoms with Crippen LogP contribution in [0.4, 0.5) is 0 Å². The summed E-state index contributed by atoms with van der Waals surface area (Å²) in [5, 5.41) is 8.88. The number of aromatic nitrogens is 2. The van der Waals surface area contributed by atoms with Crippen LogP contribution in [0.2, 0.25) is 0 Å². The number of likely N-dealkylation sites (tertiary alicyclic amines) is 1. The van der Waals surface area contributed by atoms with E-state index in [9.17, 15) is 0 Å². The molecule has 0 aromatic carbocycles. The summed E-state index contributed by atoms with van der Waals surface area (Å²) in [6.45, 7) is 4.59. The minimum Gasteiger partial charge on any atom is -0.390 e. The molecule has 4 heteroatoms. The van der Waals surface area contributed by atoms with Crippen molar-refractivity contribution in [3.8, 4) is 0 Å². The normalized spacial score (nSPS) is 18.2. The molecule has 15 heavy (non-hydrogen) atoms. The Morgan fingerprint density at radius 1 is 1.20 bits per heavy atom. The molecule has 1 aliphatic rings. The van der Waals surface area contributed by atoms with Crippen LogP contribution in [0.15, 0.2) is 12.5 Å². The Kier molecular flexibility index (Phi) is 3.75. The second-order valence-electron chi connectivity index (χ2n) is 4.16. The molecule has 2 heterocycles. The highest BCUT2D eigenvalue weighted by atomic mass is 16.3. The molecular weight excluding hydrogens is 190 g/mol. The van der Waals surface area contributed by atoms with Gasteiger partial charge in [-0.05, 0) is 25.9 Å². The van der Waals surface area contributed by atoms with Gasteiger partial charge in [-0.3, -0.25) is 0 Å². The van der Waals surface area contributed by atoms with Crippen molar-refractivity contribution in [2.75, 3.05) is 19.6 Å². The highest BCUT2D eigenvalue weighted by molar-refractivity contribution is 4.94. The summed E-state index contributed by atoms with van der Waals surface area (Å²) in [7, 11) is 0. The number of hydrogen-bond donors (Lipinski definition) is 1. The molecule has 1 saturated heterocycles. The number of aliphatic hydroxyl groups excluding tert-OH is 1. The Bertz CT molecular complexity index is 292. The van der Waals surface area contributed by atoms with Gasteiger partial charge in [0, 0.05) is 19.3 Å². The number of imidazole rings is 1. The molecule has 4 nitrogen and oxygen atoms in total. The molecule has 1 fully saturated rings. The molecule has 0 unspecified atom stereocenters. The van der Waals surface area contributed by atoms with Crippen LogP contribution in [0.3, 0.4) is 0 Å². The van der Waals surface area contributed by atoms with Gasteiger partial charge >= 0.3 is 0 Å². The molecule has 1 N–H and O–H groups in total. The van der Waals surface area contributed by atoms with Crippen molar-refractivity contribution in [2.45, 2.75) is 32.4 Å². The minimum absolute atomic E-state index is 0.0384. The molecule has 0 bridgehead atoms. The fourth-order valence-electron chi connectivity index (χ4n) is 2.05. The van der Waals surface area contributed by atoms with E-state index in [-0.39, 0.29) is 6.61 Å². The van der Waals surface area contributed by atoms with Crippen molar-refractivity contribution in [1.82, 2.24) is 14.5 Å². The largest absolute Gasteiger partial charge is 0.390 e. The zero-order valence-electron chi connectivity index (χ0n) is 9.10. The molecular formula is C11H19N3O. The van der Waals surface area contributed by atoms with Gasteiger partial charge in [0.15, 0.2) is 0 Å². The first-order valence-corrected chi connectivity index (χ1v) is 5.72. The highest BCUT2D eigenvalue weighted by Gasteiger charge is 2.09. The predicted molar refractivity (Wildman–Crippen MR) is 58.4 cm³/mol. The van der Waals surface area contributed by atoms with E-state index in [1.165, 1.54) is 32.4 Å². The topological polar surface area (TPSA) is 41.3 Å². The van der Waals surface area contributed by atoms with Crippen LogP contribution in [-0.4, -0.2) is 39.2 Å². The van der Waals surface area contributed by atoms with E-state index in [2.05, 4.69) is 14.5 Å². The molecule has 1 aliphatic heterocycles. The second kappa shape index (κ2) is 5.28. The quantitative estimate of drug-likeness (QED) is 0.799. The van der Waals surface area contributed by atoms with E-state index in [0.29, 0.717) is 0 Å². The summed E-state index contributed by atoms with van der Waals surface area (Å²) in [5.74, 6) is 0. The Morgan fingerprint density at radius 3 is 2.67 bits per heavy atom. The monoisotopic (exact) mass is 209 g/mol. The molecule has 84 valence electrons. The zero-order valence-corrected chi connectivity index (χ0v) is 9.10. The lowest BCUT2D eigenvalue weighted by Gasteiger charge is -2.26. The van der Waals surface area contributed by atoms with Crippen LogP contribution in [0.5, 0.6) is 0 Å². The third-order valence-electron chi connectivity index (χ3n) is 2.97. The molecule has 0 saturated carbocycles. The van der Waals surface area contributed by atoms with Crippen molar-refractivity contribution in [2.24, 2.45) is 0 Å². The summed E-state index contributed by atoms with van der Waals surface area (Å²) in [4.78, 5) is 6.59. The summed E-state index contributed by atoms with van der Waals surface area (Å²) in [6.07, 6.45) is 7.79. The Balaban J connectivity index is 1.76. The number of aliphatic hydroxyl groups is 1. The molecule has 0 aliphatic carbocycles. The summed E-state index contributed by atoms with van der Waals surface area (Å²) in [6, 6.07) is 0. The van der Waals surface area contributed by atoms with Crippen molar-refractivity contribution < 1.29 is 5.11 Å².